The SMILES string of the molecule is COCc1cc2c(cc1[N+](=O)[O-])C(=O)CC1(CCNCC1)O2. The first-order chi connectivity index (χ1) is 10.5. The fourth-order valence-electron chi connectivity index (χ4n) is 3.17. The number of hydrogen-bond donors (Lipinski definition) is 1. The molecule has 7 heteroatoms. The average molecular weight is 306 g/mol. The van der Waals surface area contributed by atoms with E-state index >= 15 is 0 Å². The standard InChI is InChI=1S/C15H18N2O5/c1-21-9-10-6-14-11(7-12(10)17(19)20)13(18)8-15(22-14)2-4-16-5-3-15/h6-7,16H,2-5,8-9H2,1H3. The predicted molar refractivity (Wildman–Crippen MR) is 78.2 cm³/mol. The number of piperidine rings is 1. The Morgan fingerprint density at radius 1 is 1.41 bits per heavy atom. The minimum atomic E-state index is -0.489. The summed E-state index contributed by atoms with van der Waals surface area (Å²) in [5.41, 5.74) is 0.148. The zero-order valence-electron chi connectivity index (χ0n) is 12.4. The number of ether oxygens (including phenoxy) is 2. The van der Waals surface area contributed by atoms with E-state index < -0.39 is 10.5 Å². The monoisotopic (exact) mass is 306 g/mol. The largest absolute Gasteiger partial charge is 0.486 e. The Morgan fingerprint density at radius 2 is 2.14 bits per heavy atom. The first-order valence-corrected chi connectivity index (χ1v) is 7.28. The van der Waals surface area contributed by atoms with Gasteiger partial charge in [0.05, 0.1) is 29.1 Å². The van der Waals surface area contributed by atoms with E-state index in [1.807, 2.05) is 0 Å². The van der Waals surface area contributed by atoms with Crippen LogP contribution in [0.4, 0.5) is 5.69 Å². The molecule has 0 aromatic heterocycles. The maximum atomic E-state index is 12.4. The number of nitro groups is 1. The van der Waals surface area contributed by atoms with Gasteiger partial charge < -0.3 is 14.8 Å². The van der Waals surface area contributed by atoms with Gasteiger partial charge in [-0.1, -0.05) is 0 Å². The number of carbonyl (C=O) groups excluding carboxylic acids is 1. The van der Waals surface area contributed by atoms with Gasteiger partial charge in [-0.05, 0) is 19.2 Å². The third-order valence-corrected chi connectivity index (χ3v) is 4.30. The highest BCUT2D eigenvalue weighted by molar-refractivity contribution is 6.01. The molecule has 1 aromatic carbocycles. The summed E-state index contributed by atoms with van der Waals surface area (Å²) in [5, 5.41) is 14.4. The van der Waals surface area contributed by atoms with Crippen molar-refractivity contribution in [1.82, 2.24) is 5.32 Å². The number of carbonyl (C=O) groups is 1. The Kier molecular flexibility index (Phi) is 3.84. The van der Waals surface area contributed by atoms with E-state index in [1.54, 1.807) is 6.07 Å². The molecule has 118 valence electrons. The molecule has 1 saturated heterocycles. The van der Waals surface area contributed by atoms with Crippen LogP contribution in [0.15, 0.2) is 12.1 Å². The van der Waals surface area contributed by atoms with Gasteiger partial charge in [-0.15, -0.1) is 0 Å². The van der Waals surface area contributed by atoms with Crippen molar-refractivity contribution in [1.29, 1.82) is 0 Å². The van der Waals surface area contributed by atoms with Crippen LogP contribution in [0.5, 0.6) is 5.75 Å². The molecule has 1 aromatic rings. The van der Waals surface area contributed by atoms with Crippen LogP contribution in [0, 0.1) is 10.1 Å². The third-order valence-electron chi connectivity index (χ3n) is 4.30. The van der Waals surface area contributed by atoms with Gasteiger partial charge in [0.25, 0.3) is 5.69 Å². The highest BCUT2D eigenvalue weighted by Crippen LogP contribution is 2.40. The van der Waals surface area contributed by atoms with E-state index in [1.165, 1.54) is 13.2 Å². The topological polar surface area (TPSA) is 90.7 Å². The van der Waals surface area contributed by atoms with Crippen molar-refractivity contribution in [2.45, 2.75) is 31.5 Å². The van der Waals surface area contributed by atoms with Crippen molar-refractivity contribution in [3.63, 3.8) is 0 Å². The molecule has 0 unspecified atom stereocenters. The summed E-state index contributed by atoms with van der Waals surface area (Å²) in [5.74, 6) is 0.353. The van der Waals surface area contributed by atoms with Crippen LogP contribution in [-0.2, 0) is 11.3 Å². The number of fused-ring (bicyclic) bond motifs is 1. The molecule has 2 aliphatic heterocycles. The molecular weight excluding hydrogens is 288 g/mol. The van der Waals surface area contributed by atoms with Crippen molar-refractivity contribution in [2.75, 3.05) is 20.2 Å². The van der Waals surface area contributed by atoms with Gasteiger partial charge in [0, 0.05) is 26.0 Å². The van der Waals surface area contributed by atoms with Crippen molar-refractivity contribution in [2.24, 2.45) is 0 Å². The summed E-state index contributed by atoms with van der Waals surface area (Å²) in [7, 11) is 1.48. The lowest BCUT2D eigenvalue weighted by Crippen LogP contribution is -2.49. The van der Waals surface area contributed by atoms with Crippen LogP contribution < -0.4 is 10.1 Å². The van der Waals surface area contributed by atoms with Crippen molar-refractivity contribution >= 4 is 11.5 Å². The molecule has 7 nitrogen and oxygen atoms in total. The van der Waals surface area contributed by atoms with Gasteiger partial charge in [0.1, 0.15) is 11.4 Å². The number of rotatable bonds is 3. The van der Waals surface area contributed by atoms with Crippen LogP contribution in [0.3, 0.4) is 0 Å². The van der Waals surface area contributed by atoms with Gasteiger partial charge in [-0.25, -0.2) is 0 Å². The van der Waals surface area contributed by atoms with Crippen molar-refractivity contribution < 1.29 is 19.2 Å². The Morgan fingerprint density at radius 3 is 2.77 bits per heavy atom. The molecule has 2 heterocycles. The zero-order chi connectivity index (χ0) is 15.7. The van der Waals surface area contributed by atoms with Crippen molar-refractivity contribution in [3.8, 4) is 5.75 Å². The molecule has 1 spiro atoms. The number of benzene rings is 1. The van der Waals surface area contributed by atoms with Crippen LogP contribution in [0.2, 0.25) is 0 Å². The second-order valence-corrected chi connectivity index (χ2v) is 5.80. The van der Waals surface area contributed by atoms with Crippen LogP contribution >= 0.6 is 0 Å². The summed E-state index contributed by atoms with van der Waals surface area (Å²) in [4.78, 5) is 23.1. The Bertz CT molecular complexity index is 623. The van der Waals surface area contributed by atoms with E-state index in [-0.39, 0.29) is 24.5 Å². The van der Waals surface area contributed by atoms with Gasteiger partial charge in [0.2, 0.25) is 0 Å². The minimum Gasteiger partial charge on any atom is -0.486 e. The second kappa shape index (κ2) is 5.66. The number of nitrogens with zero attached hydrogens (tertiary/aromatic N) is 1. The van der Waals surface area contributed by atoms with E-state index in [2.05, 4.69) is 5.32 Å². The van der Waals surface area contributed by atoms with Gasteiger partial charge >= 0.3 is 0 Å². The lowest BCUT2D eigenvalue weighted by Gasteiger charge is -2.40. The number of hydrogen-bond acceptors (Lipinski definition) is 6. The molecule has 22 heavy (non-hydrogen) atoms. The Labute approximate surface area is 127 Å². The molecule has 0 amide bonds. The molecule has 3 rings (SSSR count). The summed E-state index contributed by atoms with van der Waals surface area (Å²) >= 11 is 0. The lowest BCUT2D eigenvalue weighted by atomic mass is 9.82. The second-order valence-electron chi connectivity index (χ2n) is 5.80. The summed E-state index contributed by atoms with van der Waals surface area (Å²) in [6.45, 7) is 1.72. The zero-order valence-corrected chi connectivity index (χ0v) is 12.4. The summed E-state index contributed by atoms with van der Waals surface area (Å²) in [6, 6.07) is 2.90. The maximum absolute atomic E-state index is 12.4. The summed E-state index contributed by atoms with van der Waals surface area (Å²) in [6.07, 6.45) is 1.80. The first kappa shape index (κ1) is 14.9. The minimum absolute atomic E-state index is 0.0878. The molecular formula is C15H18N2O5. The van der Waals surface area contributed by atoms with Crippen LogP contribution in [-0.4, -0.2) is 36.5 Å². The van der Waals surface area contributed by atoms with E-state index in [0.717, 1.165) is 25.9 Å². The number of ketones is 1. The smallest absolute Gasteiger partial charge is 0.275 e. The molecule has 0 atom stereocenters. The lowest BCUT2D eigenvalue weighted by molar-refractivity contribution is -0.386. The Balaban J connectivity index is 2.03. The summed E-state index contributed by atoms with van der Waals surface area (Å²) < 4.78 is 11.1. The number of Topliss-reactive ketones (excluding diaryl/α,β-unsaturated/α-hetero) is 1. The fraction of sp³-hybridized carbons (Fsp3) is 0.533. The van der Waals surface area contributed by atoms with Gasteiger partial charge in [-0.2, -0.15) is 0 Å². The van der Waals surface area contributed by atoms with E-state index in [0.29, 0.717) is 16.9 Å². The van der Waals surface area contributed by atoms with Crippen LogP contribution in [0.25, 0.3) is 0 Å². The quantitative estimate of drug-likeness (QED) is 0.676. The third kappa shape index (κ3) is 2.57. The van der Waals surface area contributed by atoms with Crippen molar-refractivity contribution in [3.05, 3.63) is 33.4 Å². The molecule has 0 aliphatic carbocycles. The molecule has 2 aliphatic rings. The number of nitro benzene ring substituents is 1. The highest BCUT2D eigenvalue weighted by atomic mass is 16.6. The normalized spacial score (nSPS) is 19.6. The molecule has 1 fully saturated rings. The molecule has 0 saturated carbocycles. The van der Waals surface area contributed by atoms with Gasteiger partial charge in [0.15, 0.2) is 5.78 Å². The van der Waals surface area contributed by atoms with E-state index in [9.17, 15) is 14.9 Å². The molecule has 0 bridgehead atoms. The van der Waals surface area contributed by atoms with E-state index in [4.69, 9.17) is 9.47 Å². The number of nitrogens with one attached hydrogen (secondary N) is 1. The molecule has 1 N–H and O–H groups in total. The van der Waals surface area contributed by atoms with Gasteiger partial charge in [-0.3, -0.25) is 14.9 Å². The number of methoxy groups -OCH3 is 1. The Hall–Kier alpha value is -1.99. The fourth-order valence-corrected chi connectivity index (χ4v) is 3.17. The molecule has 0 radical (unpaired) electrons. The first-order valence-electron chi connectivity index (χ1n) is 7.28. The predicted octanol–water partition coefficient (Wildman–Crippen LogP) is 1.83. The average Bonchev–Trinajstić information content (AvgIpc) is 2.47. The maximum Gasteiger partial charge on any atom is 0.275 e. The van der Waals surface area contributed by atoms with Crippen LogP contribution in [0.1, 0.15) is 35.2 Å². The highest BCUT2D eigenvalue weighted by Gasteiger charge is 2.42.